The zero-order chi connectivity index (χ0) is 17.4. The number of amides is 2. The van der Waals surface area contributed by atoms with E-state index in [1.165, 1.54) is 23.4 Å². The van der Waals surface area contributed by atoms with Crippen molar-refractivity contribution in [3.8, 4) is 0 Å². The van der Waals surface area contributed by atoms with E-state index in [-0.39, 0.29) is 17.7 Å². The molecule has 25 heavy (non-hydrogen) atoms. The van der Waals surface area contributed by atoms with Crippen LogP contribution in [0.3, 0.4) is 0 Å². The molecular formula is C21H24N2O2. The Labute approximate surface area is 148 Å². The maximum absolute atomic E-state index is 12.9. The molecule has 4 nitrogen and oxygen atoms in total. The molecule has 1 unspecified atom stereocenters. The van der Waals surface area contributed by atoms with E-state index in [2.05, 4.69) is 34.9 Å². The number of benzene rings is 2. The Kier molecular flexibility index (Phi) is 4.20. The third-order valence-corrected chi connectivity index (χ3v) is 5.65. The van der Waals surface area contributed by atoms with Crippen molar-refractivity contribution >= 4 is 28.3 Å². The van der Waals surface area contributed by atoms with Crippen molar-refractivity contribution in [1.82, 2.24) is 5.32 Å². The fourth-order valence-corrected chi connectivity index (χ4v) is 4.47. The lowest BCUT2D eigenvalue weighted by atomic mass is 9.96. The first kappa shape index (κ1) is 16.1. The molecule has 0 saturated heterocycles. The molecule has 1 atom stereocenters. The highest BCUT2D eigenvalue weighted by molar-refractivity contribution is 6.06. The minimum atomic E-state index is -0.442. The Morgan fingerprint density at radius 3 is 2.48 bits per heavy atom. The Morgan fingerprint density at radius 1 is 1.04 bits per heavy atom. The van der Waals surface area contributed by atoms with Crippen LogP contribution in [0.15, 0.2) is 30.3 Å². The molecule has 2 aliphatic rings. The van der Waals surface area contributed by atoms with Crippen LogP contribution in [0.4, 0.5) is 5.69 Å². The number of hydrogen-bond donors (Lipinski definition) is 2. The minimum absolute atomic E-state index is 0.0965. The van der Waals surface area contributed by atoms with Crippen molar-refractivity contribution < 1.29 is 9.59 Å². The number of nitrogens with one attached hydrogen (secondary N) is 2. The second-order valence-electron chi connectivity index (χ2n) is 7.32. The topological polar surface area (TPSA) is 58.2 Å². The van der Waals surface area contributed by atoms with Gasteiger partial charge in [0, 0.05) is 18.0 Å². The maximum Gasteiger partial charge on any atom is 0.247 e. The second-order valence-corrected chi connectivity index (χ2v) is 7.32. The smallest absolute Gasteiger partial charge is 0.247 e. The number of rotatable bonds is 4. The predicted molar refractivity (Wildman–Crippen MR) is 99.5 cm³/mol. The molecule has 2 aliphatic carbocycles. The SMILES string of the molecule is CC(=O)NC(C(=O)Nc1ccc2c3c(cccc13)CC2)C1CCCC1. The molecule has 1 fully saturated rings. The van der Waals surface area contributed by atoms with Gasteiger partial charge in [-0.15, -0.1) is 0 Å². The first-order chi connectivity index (χ1) is 12.1. The maximum atomic E-state index is 12.9. The molecule has 0 heterocycles. The summed E-state index contributed by atoms with van der Waals surface area (Å²) in [6.07, 6.45) is 6.41. The summed E-state index contributed by atoms with van der Waals surface area (Å²) in [5.74, 6) is -0.00561. The van der Waals surface area contributed by atoms with Crippen LogP contribution >= 0.6 is 0 Å². The summed E-state index contributed by atoms with van der Waals surface area (Å²) in [4.78, 5) is 24.5. The standard InChI is InChI=1S/C21H24N2O2/c1-13(24)22-20(16-5-2-3-6-16)21(25)23-18-12-11-15-10-9-14-7-4-8-17(18)19(14)15/h4,7-8,11-12,16,20H,2-3,5-6,9-10H2,1H3,(H,22,24)(H,23,25). The Balaban J connectivity index is 1.63. The largest absolute Gasteiger partial charge is 0.344 e. The Morgan fingerprint density at radius 2 is 1.76 bits per heavy atom. The molecule has 0 aromatic heterocycles. The van der Waals surface area contributed by atoms with Gasteiger partial charge in [0.05, 0.1) is 0 Å². The highest BCUT2D eigenvalue weighted by atomic mass is 16.2. The van der Waals surface area contributed by atoms with Gasteiger partial charge in [0.1, 0.15) is 6.04 Å². The molecule has 1 saturated carbocycles. The van der Waals surface area contributed by atoms with Crippen LogP contribution in [-0.4, -0.2) is 17.9 Å². The molecule has 4 rings (SSSR count). The summed E-state index contributed by atoms with van der Waals surface area (Å²) in [5.41, 5.74) is 3.57. The van der Waals surface area contributed by atoms with Crippen LogP contribution in [0.25, 0.3) is 10.8 Å². The second kappa shape index (κ2) is 6.51. The van der Waals surface area contributed by atoms with Crippen molar-refractivity contribution in [3.63, 3.8) is 0 Å². The van der Waals surface area contributed by atoms with Crippen molar-refractivity contribution in [3.05, 3.63) is 41.5 Å². The minimum Gasteiger partial charge on any atom is -0.344 e. The molecule has 0 radical (unpaired) electrons. The van der Waals surface area contributed by atoms with Gasteiger partial charge < -0.3 is 10.6 Å². The van der Waals surface area contributed by atoms with E-state index in [0.717, 1.165) is 49.6 Å². The number of aryl methyl sites for hydroxylation is 2. The quantitative estimate of drug-likeness (QED) is 0.897. The van der Waals surface area contributed by atoms with Crippen LogP contribution in [-0.2, 0) is 22.4 Å². The van der Waals surface area contributed by atoms with E-state index in [9.17, 15) is 9.59 Å². The summed E-state index contributed by atoms with van der Waals surface area (Å²) >= 11 is 0. The Hall–Kier alpha value is -2.36. The zero-order valence-electron chi connectivity index (χ0n) is 14.6. The van der Waals surface area contributed by atoms with Crippen LogP contribution in [0, 0.1) is 5.92 Å². The molecule has 0 bridgehead atoms. The number of anilines is 1. The average molecular weight is 336 g/mol. The van der Waals surface area contributed by atoms with Crippen LogP contribution in [0.2, 0.25) is 0 Å². The predicted octanol–water partition coefficient (Wildman–Crippen LogP) is 3.57. The van der Waals surface area contributed by atoms with Gasteiger partial charge in [0.2, 0.25) is 11.8 Å². The van der Waals surface area contributed by atoms with E-state index in [1.807, 2.05) is 6.07 Å². The zero-order valence-corrected chi connectivity index (χ0v) is 14.6. The van der Waals surface area contributed by atoms with E-state index < -0.39 is 6.04 Å². The molecule has 0 aliphatic heterocycles. The molecule has 2 aromatic rings. The summed E-state index contributed by atoms with van der Waals surface area (Å²) in [6, 6.07) is 9.99. The van der Waals surface area contributed by atoms with E-state index >= 15 is 0 Å². The molecule has 130 valence electrons. The molecule has 0 spiro atoms. The van der Waals surface area contributed by atoms with Gasteiger partial charge in [-0.3, -0.25) is 9.59 Å². The lowest BCUT2D eigenvalue weighted by Crippen LogP contribution is -2.47. The van der Waals surface area contributed by atoms with E-state index in [0.29, 0.717) is 0 Å². The van der Waals surface area contributed by atoms with E-state index in [4.69, 9.17) is 0 Å². The van der Waals surface area contributed by atoms with Gasteiger partial charge in [-0.25, -0.2) is 0 Å². The highest BCUT2D eigenvalue weighted by Crippen LogP contribution is 2.35. The highest BCUT2D eigenvalue weighted by Gasteiger charge is 2.31. The summed E-state index contributed by atoms with van der Waals surface area (Å²) < 4.78 is 0. The van der Waals surface area contributed by atoms with Crippen molar-refractivity contribution in [2.75, 3.05) is 5.32 Å². The molecule has 2 N–H and O–H groups in total. The van der Waals surface area contributed by atoms with Gasteiger partial charge in [0.25, 0.3) is 0 Å². The molecule has 2 aromatic carbocycles. The van der Waals surface area contributed by atoms with Crippen LogP contribution in [0.1, 0.15) is 43.7 Å². The lowest BCUT2D eigenvalue weighted by molar-refractivity contribution is -0.126. The summed E-state index contributed by atoms with van der Waals surface area (Å²) in [5, 5.41) is 8.36. The van der Waals surface area contributed by atoms with Crippen LogP contribution < -0.4 is 10.6 Å². The fraction of sp³-hybridized carbons (Fsp3) is 0.429. The first-order valence-corrected chi connectivity index (χ1v) is 9.25. The first-order valence-electron chi connectivity index (χ1n) is 9.25. The van der Waals surface area contributed by atoms with E-state index in [1.54, 1.807) is 0 Å². The lowest BCUT2D eigenvalue weighted by Gasteiger charge is -2.23. The van der Waals surface area contributed by atoms with Crippen molar-refractivity contribution in [2.45, 2.75) is 51.5 Å². The number of carbonyl (C=O) groups is 2. The third kappa shape index (κ3) is 3.01. The molecular weight excluding hydrogens is 312 g/mol. The van der Waals surface area contributed by atoms with Gasteiger partial charge in [-0.2, -0.15) is 0 Å². The van der Waals surface area contributed by atoms with Gasteiger partial charge in [0.15, 0.2) is 0 Å². The Bertz CT molecular complexity index is 827. The van der Waals surface area contributed by atoms with Gasteiger partial charge in [-0.05, 0) is 54.2 Å². The average Bonchev–Trinajstić information content (AvgIpc) is 3.26. The van der Waals surface area contributed by atoms with Gasteiger partial charge >= 0.3 is 0 Å². The van der Waals surface area contributed by atoms with Crippen molar-refractivity contribution in [1.29, 1.82) is 0 Å². The van der Waals surface area contributed by atoms with Crippen molar-refractivity contribution in [2.24, 2.45) is 5.92 Å². The number of carbonyl (C=O) groups excluding carboxylic acids is 2. The monoisotopic (exact) mass is 336 g/mol. The fourth-order valence-electron chi connectivity index (χ4n) is 4.47. The third-order valence-electron chi connectivity index (χ3n) is 5.65. The van der Waals surface area contributed by atoms with Gasteiger partial charge in [-0.1, -0.05) is 37.1 Å². The summed E-state index contributed by atoms with van der Waals surface area (Å²) in [6.45, 7) is 1.48. The normalized spacial score (nSPS) is 17.6. The van der Waals surface area contributed by atoms with Crippen LogP contribution in [0.5, 0.6) is 0 Å². The number of hydrogen-bond acceptors (Lipinski definition) is 2. The molecule has 4 heteroatoms. The summed E-state index contributed by atoms with van der Waals surface area (Å²) in [7, 11) is 0. The molecule has 2 amide bonds.